The molecule has 0 saturated heterocycles. The van der Waals surface area contributed by atoms with Crippen LogP contribution in [0.4, 0.5) is 0 Å². The Morgan fingerprint density at radius 1 is 1.38 bits per heavy atom. The fraction of sp³-hybridized carbons (Fsp3) is 0. The lowest BCUT2D eigenvalue weighted by Crippen LogP contribution is -2.02. The SMILES string of the molecule is S=c1nn[nH]n1-c1ncc(S)cn1. The van der Waals surface area contributed by atoms with E-state index >= 15 is 0 Å². The molecule has 0 radical (unpaired) electrons. The van der Waals surface area contributed by atoms with E-state index in [1.165, 1.54) is 4.68 Å². The third kappa shape index (κ3) is 1.58. The highest BCUT2D eigenvalue weighted by Gasteiger charge is 2.01. The van der Waals surface area contributed by atoms with Gasteiger partial charge < -0.3 is 0 Å². The first-order valence-electron chi connectivity index (χ1n) is 3.29. The van der Waals surface area contributed by atoms with Crippen molar-refractivity contribution in [1.29, 1.82) is 0 Å². The highest BCUT2D eigenvalue weighted by Crippen LogP contribution is 2.02. The topological polar surface area (TPSA) is 72.3 Å². The van der Waals surface area contributed by atoms with Gasteiger partial charge in [-0.2, -0.15) is 9.90 Å². The highest BCUT2D eigenvalue weighted by atomic mass is 32.1. The fourth-order valence-electron chi connectivity index (χ4n) is 0.757. The number of aromatic amines is 1. The predicted molar refractivity (Wildman–Crippen MR) is 49.4 cm³/mol. The van der Waals surface area contributed by atoms with Crippen LogP contribution < -0.4 is 0 Å². The number of tetrazole rings is 1. The van der Waals surface area contributed by atoms with Gasteiger partial charge in [0.05, 0.1) is 0 Å². The van der Waals surface area contributed by atoms with E-state index in [2.05, 4.69) is 38.1 Å². The normalized spacial score (nSPS) is 10.2. The minimum Gasteiger partial charge on any atom is -0.218 e. The number of hydrogen-bond donors (Lipinski definition) is 2. The van der Waals surface area contributed by atoms with Gasteiger partial charge in [0.25, 0.3) is 5.95 Å². The fourth-order valence-corrected chi connectivity index (χ4v) is 1.04. The molecule has 0 spiro atoms. The third-order valence-corrected chi connectivity index (χ3v) is 1.79. The molecule has 0 bridgehead atoms. The molecule has 0 aliphatic rings. The van der Waals surface area contributed by atoms with Crippen LogP contribution in [-0.2, 0) is 0 Å². The van der Waals surface area contributed by atoms with Gasteiger partial charge in [-0.15, -0.1) is 12.6 Å². The monoisotopic (exact) mass is 212 g/mol. The van der Waals surface area contributed by atoms with Crippen molar-refractivity contribution in [2.45, 2.75) is 4.90 Å². The number of aromatic nitrogens is 6. The lowest BCUT2D eigenvalue weighted by molar-refractivity contribution is 0.740. The Morgan fingerprint density at radius 2 is 2.08 bits per heavy atom. The summed E-state index contributed by atoms with van der Waals surface area (Å²) in [4.78, 5) is 8.64. The third-order valence-electron chi connectivity index (χ3n) is 1.30. The number of thiol groups is 1. The first kappa shape index (κ1) is 8.32. The smallest absolute Gasteiger partial charge is 0.218 e. The van der Waals surface area contributed by atoms with E-state index in [0.717, 1.165) is 0 Å². The van der Waals surface area contributed by atoms with Crippen molar-refractivity contribution in [3.63, 3.8) is 0 Å². The predicted octanol–water partition coefficient (Wildman–Crippen LogP) is 0.404. The molecule has 1 N–H and O–H groups in total. The van der Waals surface area contributed by atoms with Crippen LogP contribution in [0.25, 0.3) is 5.95 Å². The molecule has 66 valence electrons. The summed E-state index contributed by atoms with van der Waals surface area (Å²) in [6, 6.07) is 0. The van der Waals surface area contributed by atoms with Gasteiger partial charge in [-0.25, -0.2) is 9.97 Å². The Morgan fingerprint density at radius 3 is 2.62 bits per heavy atom. The molecule has 0 aromatic carbocycles. The minimum absolute atomic E-state index is 0.284. The van der Waals surface area contributed by atoms with Crippen molar-refractivity contribution in [3.8, 4) is 5.95 Å². The lowest BCUT2D eigenvalue weighted by Gasteiger charge is -1.96. The first-order chi connectivity index (χ1) is 6.27. The van der Waals surface area contributed by atoms with E-state index in [1.807, 2.05) is 0 Å². The van der Waals surface area contributed by atoms with Gasteiger partial charge >= 0.3 is 0 Å². The molecule has 8 heteroatoms. The van der Waals surface area contributed by atoms with Crippen LogP contribution in [0.15, 0.2) is 17.3 Å². The maximum absolute atomic E-state index is 4.86. The minimum atomic E-state index is 0.284. The summed E-state index contributed by atoms with van der Waals surface area (Å²) in [5, 5.41) is 9.64. The van der Waals surface area contributed by atoms with E-state index in [0.29, 0.717) is 10.8 Å². The maximum atomic E-state index is 4.86. The molecule has 6 nitrogen and oxygen atoms in total. The number of nitrogens with one attached hydrogen (secondary N) is 1. The molecule has 2 rings (SSSR count). The molecule has 0 amide bonds. The second kappa shape index (κ2) is 3.23. The molecule has 0 atom stereocenters. The van der Waals surface area contributed by atoms with E-state index in [1.54, 1.807) is 12.4 Å². The van der Waals surface area contributed by atoms with Gasteiger partial charge in [-0.05, 0) is 12.2 Å². The summed E-state index contributed by atoms with van der Waals surface area (Å²) in [6.45, 7) is 0. The average Bonchev–Trinajstić information content (AvgIpc) is 2.53. The molecule has 2 aromatic heterocycles. The van der Waals surface area contributed by atoms with Crippen LogP contribution in [0.2, 0.25) is 0 Å². The van der Waals surface area contributed by atoms with E-state index in [4.69, 9.17) is 12.2 Å². The highest BCUT2D eigenvalue weighted by molar-refractivity contribution is 7.80. The zero-order chi connectivity index (χ0) is 9.26. The van der Waals surface area contributed by atoms with Crippen molar-refractivity contribution in [3.05, 3.63) is 17.2 Å². The summed E-state index contributed by atoms with van der Waals surface area (Å²) >= 11 is 8.91. The van der Waals surface area contributed by atoms with E-state index < -0.39 is 0 Å². The Kier molecular flexibility index (Phi) is 2.07. The Bertz CT molecular complexity index is 456. The van der Waals surface area contributed by atoms with Crippen molar-refractivity contribution in [1.82, 2.24) is 30.2 Å². The number of hydrogen-bond acceptors (Lipinski definition) is 6. The summed E-state index contributed by atoms with van der Waals surface area (Å²) < 4.78 is 1.68. The number of nitrogens with zero attached hydrogens (tertiary/aromatic N) is 5. The molecule has 0 unspecified atom stereocenters. The number of rotatable bonds is 1. The quantitative estimate of drug-likeness (QED) is 0.529. The molecule has 2 aromatic rings. The van der Waals surface area contributed by atoms with Crippen molar-refractivity contribution in [2.24, 2.45) is 0 Å². The summed E-state index contributed by atoms with van der Waals surface area (Å²) in [6.07, 6.45) is 3.13. The second-order valence-corrected chi connectivity index (χ2v) is 3.04. The van der Waals surface area contributed by atoms with E-state index in [-0.39, 0.29) is 4.77 Å². The van der Waals surface area contributed by atoms with Crippen LogP contribution in [0.5, 0.6) is 0 Å². The summed E-state index contributed by atoms with van der Waals surface area (Å²) in [5.41, 5.74) is 0. The maximum Gasteiger partial charge on any atom is 0.252 e. The van der Waals surface area contributed by atoms with Gasteiger partial charge in [0.15, 0.2) is 0 Å². The molecule has 0 aliphatic heterocycles. The van der Waals surface area contributed by atoms with Crippen molar-refractivity contribution >= 4 is 24.8 Å². The summed E-state index contributed by atoms with van der Waals surface area (Å²) in [5.74, 6) is 0.396. The van der Waals surface area contributed by atoms with Crippen LogP contribution in [0.3, 0.4) is 0 Å². The molecule has 0 saturated carbocycles. The molecule has 0 aliphatic carbocycles. The first-order valence-corrected chi connectivity index (χ1v) is 4.14. The van der Waals surface area contributed by atoms with Gasteiger partial charge in [-0.3, -0.25) is 0 Å². The lowest BCUT2D eigenvalue weighted by atomic mass is 10.7. The van der Waals surface area contributed by atoms with Gasteiger partial charge in [-0.1, -0.05) is 10.3 Å². The van der Waals surface area contributed by atoms with Crippen LogP contribution in [0, 0.1) is 4.77 Å². The number of H-pyrrole nitrogens is 1. The summed E-state index contributed by atoms with van der Waals surface area (Å²) in [7, 11) is 0. The largest absolute Gasteiger partial charge is 0.252 e. The van der Waals surface area contributed by atoms with Crippen LogP contribution >= 0.6 is 24.8 Å². The Hall–Kier alpha value is -1.28. The molecule has 0 fully saturated rings. The Balaban J connectivity index is 2.54. The standard InChI is InChI=1S/C5H4N6S2/c12-3-1-6-4(7-2-3)11-5(13)8-9-10-11/h1-2,12H,(H,8,10,13). The molecule has 13 heavy (non-hydrogen) atoms. The van der Waals surface area contributed by atoms with Gasteiger partial charge in [0.2, 0.25) is 4.77 Å². The Labute approximate surface area is 83.4 Å². The second-order valence-electron chi connectivity index (χ2n) is 2.16. The molecular weight excluding hydrogens is 208 g/mol. The molecular formula is C5H4N6S2. The van der Waals surface area contributed by atoms with Gasteiger partial charge in [0, 0.05) is 17.3 Å². The zero-order valence-electron chi connectivity index (χ0n) is 6.25. The molecule has 2 heterocycles. The van der Waals surface area contributed by atoms with Crippen LogP contribution in [-0.4, -0.2) is 30.2 Å². The van der Waals surface area contributed by atoms with Gasteiger partial charge in [0.1, 0.15) is 0 Å². The van der Waals surface area contributed by atoms with Crippen molar-refractivity contribution in [2.75, 3.05) is 0 Å². The average molecular weight is 212 g/mol. The zero-order valence-corrected chi connectivity index (χ0v) is 7.96. The van der Waals surface area contributed by atoms with E-state index in [9.17, 15) is 0 Å². The van der Waals surface area contributed by atoms with Crippen molar-refractivity contribution < 1.29 is 0 Å². The van der Waals surface area contributed by atoms with Crippen LogP contribution in [0.1, 0.15) is 0 Å².